The zero-order valence-electron chi connectivity index (χ0n) is 9.43. The lowest BCUT2D eigenvalue weighted by Gasteiger charge is -2.05. The molecule has 2 aromatic rings. The molecule has 0 aliphatic heterocycles. The molecule has 2 rings (SSSR count). The highest BCUT2D eigenvalue weighted by molar-refractivity contribution is 7.09. The van der Waals surface area contributed by atoms with Crippen LogP contribution in [0.25, 0.3) is 0 Å². The summed E-state index contributed by atoms with van der Waals surface area (Å²) in [5.74, 6) is 5.94. The minimum absolute atomic E-state index is 0.586. The topological polar surface area (TPSA) is 60.2 Å². The van der Waals surface area contributed by atoms with E-state index in [1.54, 1.807) is 17.5 Å². The van der Waals surface area contributed by atoms with E-state index in [0.29, 0.717) is 12.4 Å². The van der Waals surface area contributed by atoms with E-state index < -0.39 is 0 Å². The third-order valence-electron chi connectivity index (χ3n) is 2.31. The summed E-state index contributed by atoms with van der Waals surface area (Å²) in [5, 5.41) is 2.08. The Balaban J connectivity index is 1.74. The second-order valence-corrected chi connectivity index (χ2v) is 4.61. The first kappa shape index (κ1) is 12.0. The number of aromatic nitrogens is 1. The van der Waals surface area contributed by atoms with Crippen molar-refractivity contribution in [2.75, 3.05) is 12.0 Å². The minimum atomic E-state index is 0.586. The van der Waals surface area contributed by atoms with E-state index in [4.69, 9.17) is 10.6 Å². The average Bonchev–Trinajstić information content (AvgIpc) is 2.88. The number of nitrogens with two attached hydrogens (primary N) is 1. The van der Waals surface area contributed by atoms with Crippen molar-refractivity contribution in [3.8, 4) is 0 Å². The number of hydrazine groups is 1. The Morgan fingerprint density at radius 3 is 3.12 bits per heavy atom. The lowest BCUT2D eigenvalue weighted by molar-refractivity contribution is 0.124. The maximum Gasteiger partial charge on any atom is 0.140 e. The number of rotatable bonds is 6. The molecule has 0 atom stereocenters. The van der Waals surface area contributed by atoms with Crippen molar-refractivity contribution in [2.45, 2.75) is 13.0 Å². The highest BCUT2D eigenvalue weighted by Crippen LogP contribution is 2.10. The Bertz CT molecular complexity index is 445. The van der Waals surface area contributed by atoms with Gasteiger partial charge < -0.3 is 10.2 Å². The fourth-order valence-electron chi connectivity index (χ4n) is 1.46. The van der Waals surface area contributed by atoms with Gasteiger partial charge in [0.2, 0.25) is 0 Å². The maximum absolute atomic E-state index is 5.60. The summed E-state index contributed by atoms with van der Waals surface area (Å²) in [5.41, 5.74) is 3.58. The van der Waals surface area contributed by atoms with Gasteiger partial charge in [-0.25, -0.2) is 10.8 Å². The molecule has 90 valence electrons. The summed E-state index contributed by atoms with van der Waals surface area (Å²) in [7, 11) is 0. The van der Waals surface area contributed by atoms with Crippen molar-refractivity contribution in [3.63, 3.8) is 0 Å². The van der Waals surface area contributed by atoms with Gasteiger partial charge >= 0.3 is 0 Å². The number of nitrogens with one attached hydrogen (secondary N) is 1. The monoisotopic (exact) mass is 249 g/mol. The summed E-state index contributed by atoms with van der Waals surface area (Å²) in [4.78, 5) is 5.39. The van der Waals surface area contributed by atoms with Gasteiger partial charge in [0.15, 0.2) is 0 Å². The van der Waals surface area contributed by atoms with Gasteiger partial charge in [0.25, 0.3) is 0 Å². The van der Waals surface area contributed by atoms with Crippen LogP contribution in [0.4, 0.5) is 5.82 Å². The van der Waals surface area contributed by atoms with Gasteiger partial charge in [-0.05, 0) is 29.1 Å². The van der Waals surface area contributed by atoms with Crippen LogP contribution in [0.5, 0.6) is 0 Å². The van der Waals surface area contributed by atoms with Gasteiger partial charge in [-0.3, -0.25) is 0 Å². The second kappa shape index (κ2) is 6.34. The molecule has 0 aromatic carbocycles. The van der Waals surface area contributed by atoms with Crippen LogP contribution in [0.15, 0.2) is 35.8 Å². The van der Waals surface area contributed by atoms with Crippen molar-refractivity contribution >= 4 is 17.2 Å². The Kier molecular flexibility index (Phi) is 4.49. The van der Waals surface area contributed by atoms with Crippen LogP contribution >= 0.6 is 11.3 Å². The Morgan fingerprint density at radius 1 is 1.41 bits per heavy atom. The third-order valence-corrected chi connectivity index (χ3v) is 3.25. The Hall–Kier alpha value is -1.43. The van der Waals surface area contributed by atoms with Crippen LogP contribution in [0.3, 0.4) is 0 Å². The van der Waals surface area contributed by atoms with E-state index in [9.17, 15) is 0 Å². The van der Waals surface area contributed by atoms with Crippen molar-refractivity contribution < 1.29 is 4.74 Å². The molecule has 3 N–H and O–H groups in total. The smallest absolute Gasteiger partial charge is 0.140 e. The molecule has 0 spiro atoms. The number of thiophene rings is 1. The predicted octanol–water partition coefficient (Wildman–Crippen LogP) is 2.19. The van der Waals surface area contributed by atoms with Crippen LogP contribution in [-0.4, -0.2) is 11.6 Å². The normalized spacial score (nSPS) is 10.4. The van der Waals surface area contributed by atoms with Crippen LogP contribution < -0.4 is 11.3 Å². The minimum Gasteiger partial charge on any atom is -0.376 e. The van der Waals surface area contributed by atoms with Gasteiger partial charge in [0.05, 0.1) is 13.2 Å². The highest BCUT2D eigenvalue weighted by Gasteiger charge is 1.97. The molecular formula is C12H15N3OS. The lowest BCUT2D eigenvalue weighted by Crippen LogP contribution is -2.08. The van der Waals surface area contributed by atoms with Crippen LogP contribution in [-0.2, 0) is 17.8 Å². The first-order valence-electron chi connectivity index (χ1n) is 5.40. The fourth-order valence-corrected chi connectivity index (χ4v) is 2.15. The molecule has 4 nitrogen and oxygen atoms in total. The van der Waals surface area contributed by atoms with Gasteiger partial charge in [-0.2, -0.15) is 0 Å². The Morgan fingerprint density at radius 2 is 2.35 bits per heavy atom. The first-order valence-corrected chi connectivity index (χ1v) is 6.28. The molecule has 0 aliphatic rings. The maximum atomic E-state index is 5.60. The van der Waals surface area contributed by atoms with Gasteiger partial charge in [0, 0.05) is 17.5 Å². The van der Waals surface area contributed by atoms with Crippen molar-refractivity contribution in [1.82, 2.24) is 4.98 Å². The van der Waals surface area contributed by atoms with Crippen LogP contribution in [0.1, 0.15) is 10.4 Å². The van der Waals surface area contributed by atoms with Crippen molar-refractivity contribution in [1.29, 1.82) is 0 Å². The molecule has 0 saturated carbocycles. The number of anilines is 1. The Labute approximate surface area is 104 Å². The van der Waals surface area contributed by atoms with Gasteiger partial charge in [0.1, 0.15) is 5.82 Å². The first-order chi connectivity index (χ1) is 8.38. The summed E-state index contributed by atoms with van der Waals surface area (Å²) in [6.45, 7) is 1.32. The van der Waals surface area contributed by atoms with Crippen molar-refractivity contribution in [2.24, 2.45) is 5.84 Å². The fraction of sp³-hybridized carbons (Fsp3) is 0.250. The number of hydrogen-bond acceptors (Lipinski definition) is 5. The number of nitrogen functional groups attached to an aromatic ring is 1. The predicted molar refractivity (Wildman–Crippen MR) is 69.7 cm³/mol. The number of ether oxygens (including phenoxy) is 1. The highest BCUT2D eigenvalue weighted by atomic mass is 32.1. The summed E-state index contributed by atoms with van der Waals surface area (Å²) in [6, 6.07) is 7.98. The molecule has 2 aromatic heterocycles. The van der Waals surface area contributed by atoms with E-state index >= 15 is 0 Å². The molecule has 0 radical (unpaired) electrons. The zero-order chi connectivity index (χ0) is 11.9. The van der Waals surface area contributed by atoms with E-state index in [1.807, 2.05) is 12.1 Å². The molecule has 0 aliphatic carbocycles. The standard InChI is InChI=1S/C12H15N3OS/c13-15-12-8-10(3-5-14-12)9-16-6-4-11-2-1-7-17-11/h1-3,5,7-8H,4,6,9,13H2,(H,14,15). The van der Waals surface area contributed by atoms with E-state index in [1.165, 1.54) is 4.88 Å². The van der Waals surface area contributed by atoms with Crippen LogP contribution in [0, 0.1) is 0 Å². The molecule has 0 unspecified atom stereocenters. The molecular weight excluding hydrogens is 234 g/mol. The largest absolute Gasteiger partial charge is 0.376 e. The summed E-state index contributed by atoms with van der Waals surface area (Å²) in [6.07, 6.45) is 2.68. The number of hydrogen-bond donors (Lipinski definition) is 2. The second-order valence-electron chi connectivity index (χ2n) is 3.58. The molecule has 0 saturated heterocycles. The third kappa shape index (κ3) is 3.81. The number of nitrogens with zero attached hydrogens (tertiary/aromatic N) is 1. The van der Waals surface area contributed by atoms with E-state index in [0.717, 1.165) is 18.6 Å². The van der Waals surface area contributed by atoms with Gasteiger partial charge in [-0.15, -0.1) is 11.3 Å². The lowest BCUT2D eigenvalue weighted by atomic mass is 10.3. The molecule has 5 heteroatoms. The molecule has 0 fully saturated rings. The van der Waals surface area contributed by atoms with Gasteiger partial charge in [-0.1, -0.05) is 6.07 Å². The van der Waals surface area contributed by atoms with Crippen molar-refractivity contribution in [3.05, 3.63) is 46.3 Å². The van der Waals surface area contributed by atoms with Crippen LogP contribution in [0.2, 0.25) is 0 Å². The zero-order valence-corrected chi connectivity index (χ0v) is 10.2. The summed E-state index contributed by atoms with van der Waals surface area (Å²) < 4.78 is 5.60. The van der Waals surface area contributed by atoms with E-state index in [-0.39, 0.29) is 0 Å². The average molecular weight is 249 g/mol. The quantitative estimate of drug-likeness (QED) is 0.468. The molecule has 0 bridgehead atoms. The molecule has 0 amide bonds. The summed E-state index contributed by atoms with van der Waals surface area (Å²) >= 11 is 1.76. The molecule has 17 heavy (non-hydrogen) atoms. The SMILES string of the molecule is NNc1cc(COCCc2cccs2)ccn1. The molecule has 2 heterocycles. The number of pyridine rings is 1. The van der Waals surface area contributed by atoms with E-state index in [2.05, 4.69) is 27.9 Å².